The molecule has 0 atom stereocenters. The van der Waals surface area contributed by atoms with Crippen molar-refractivity contribution in [3.05, 3.63) is 59.7 Å². The largest absolute Gasteiger partial charge is 0.326 e. The monoisotopic (exact) mass is 504 g/mol. The highest BCUT2D eigenvalue weighted by molar-refractivity contribution is 5.83. The maximum Gasteiger partial charge on any atom is 0.229 e. The molecule has 1 aromatic carbocycles. The van der Waals surface area contributed by atoms with Crippen LogP contribution in [0.3, 0.4) is 0 Å². The van der Waals surface area contributed by atoms with Crippen LogP contribution >= 0.6 is 0 Å². The van der Waals surface area contributed by atoms with Crippen LogP contribution in [-0.2, 0) is 6.54 Å². The number of benzene rings is 1. The molecule has 10 heteroatoms. The zero-order chi connectivity index (χ0) is 25.7. The van der Waals surface area contributed by atoms with Gasteiger partial charge in [0.1, 0.15) is 22.9 Å². The van der Waals surface area contributed by atoms with Crippen LogP contribution in [0.4, 0.5) is 20.5 Å². The Morgan fingerprint density at radius 1 is 1.08 bits per heavy atom. The lowest BCUT2D eigenvalue weighted by molar-refractivity contribution is 0.182. The van der Waals surface area contributed by atoms with Gasteiger partial charge in [-0.3, -0.25) is 4.90 Å². The van der Waals surface area contributed by atoms with E-state index in [4.69, 9.17) is 0 Å². The zero-order valence-corrected chi connectivity index (χ0v) is 21.2. The van der Waals surface area contributed by atoms with Gasteiger partial charge in [-0.05, 0) is 57.4 Å². The van der Waals surface area contributed by atoms with Crippen LogP contribution in [0.25, 0.3) is 22.3 Å². The second kappa shape index (κ2) is 9.11. The van der Waals surface area contributed by atoms with Crippen molar-refractivity contribution < 1.29 is 8.78 Å². The molecule has 37 heavy (non-hydrogen) atoms. The first kappa shape index (κ1) is 23.9. The maximum absolute atomic E-state index is 14.9. The van der Waals surface area contributed by atoms with Crippen molar-refractivity contribution in [2.45, 2.75) is 51.7 Å². The zero-order valence-electron chi connectivity index (χ0n) is 21.2. The van der Waals surface area contributed by atoms with Crippen molar-refractivity contribution in [1.29, 1.82) is 0 Å². The van der Waals surface area contributed by atoms with Gasteiger partial charge in [0, 0.05) is 49.5 Å². The van der Waals surface area contributed by atoms with E-state index in [9.17, 15) is 8.78 Å². The van der Waals surface area contributed by atoms with Gasteiger partial charge in [0.2, 0.25) is 5.95 Å². The Hall–Kier alpha value is -3.50. The summed E-state index contributed by atoms with van der Waals surface area (Å²) in [4.78, 5) is 19.8. The third kappa shape index (κ3) is 4.67. The lowest BCUT2D eigenvalue weighted by atomic mass is 10.1. The van der Waals surface area contributed by atoms with E-state index < -0.39 is 11.6 Å². The predicted octanol–water partition coefficient (Wildman–Crippen LogP) is 4.74. The Labute approximate surface area is 214 Å². The van der Waals surface area contributed by atoms with Crippen molar-refractivity contribution in [3.63, 3.8) is 0 Å². The highest BCUT2D eigenvalue weighted by Gasteiger charge is 2.45. The third-order valence-electron chi connectivity index (χ3n) is 7.24. The number of halogens is 2. The predicted molar refractivity (Wildman–Crippen MR) is 139 cm³/mol. The summed E-state index contributed by atoms with van der Waals surface area (Å²) in [6.45, 7) is 9.80. The second-order valence-electron chi connectivity index (χ2n) is 10.4. The summed E-state index contributed by atoms with van der Waals surface area (Å²) in [5, 5.41) is 6.68. The number of aryl methyl sites for hydroxylation is 1. The SMILES string of the molecule is Cc1nc2c(F)cc(-c3nc(Nc4ccc(CN5CCNC6(CC6)C5)cn4)ncc3F)cc2n1C(C)C. The summed E-state index contributed by atoms with van der Waals surface area (Å²) in [5.41, 5.74) is 2.67. The number of nitrogens with zero attached hydrogens (tertiary/aromatic N) is 6. The van der Waals surface area contributed by atoms with E-state index in [1.54, 1.807) is 6.07 Å². The molecule has 1 saturated carbocycles. The van der Waals surface area contributed by atoms with Crippen molar-refractivity contribution in [2.75, 3.05) is 25.0 Å². The van der Waals surface area contributed by atoms with Gasteiger partial charge in [0.05, 0.1) is 11.7 Å². The number of imidazole rings is 1. The average molecular weight is 505 g/mol. The molecule has 192 valence electrons. The van der Waals surface area contributed by atoms with E-state index in [2.05, 4.69) is 35.5 Å². The fourth-order valence-corrected chi connectivity index (χ4v) is 5.31. The molecule has 1 spiro atoms. The van der Waals surface area contributed by atoms with E-state index in [-0.39, 0.29) is 23.2 Å². The van der Waals surface area contributed by atoms with Gasteiger partial charge in [-0.15, -0.1) is 0 Å². The lowest BCUT2D eigenvalue weighted by Crippen LogP contribution is -2.51. The molecule has 3 aromatic heterocycles. The Morgan fingerprint density at radius 3 is 2.65 bits per heavy atom. The van der Waals surface area contributed by atoms with Crippen LogP contribution in [0.1, 0.15) is 44.1 Å². The minimum Gasteiger partial charge on any atom is -0.326 e. The highest BCUT2D eigenvalue weighted by Crippen LogP contribution is 2.37. The number of rotatable bonds is 6. The summed E-state index contributed by atoms with van der Waals surface area (Å²) < 4.78 is 31.7. The number of hydrogen-bond donors (Lipinski definition) is 2. The van der Waals surface area contributed by atoms with Crippen molar-refractivity contribution in [2.24, 2.45) is 0 Å². The lowest BCUT2D eigenvalue weighted by Gasteiger charge is -2.33. The normalized spacial score (nSPS) is 17.1. The quantitative estimate of drug-likeness (QED) is 0.393. The van der Waals surface area contributed by atoms with E-state index in [0.29, 0.717) is 28.3 Å². The number of pyridine rings is 1. The molecule has 2 N–H and O–H groups in total. The summed E-state index contributed by atoms with van der Waals surface area (Å²) in [5.74, 6) is 0.283. The van der Waals surface area contributed by atoms with Crippen LogP contribution in [0.2, 0.25) is 0 Å². The molecule has 2 aliphatic rings. The third-order valence-corrected chi connectivity index (χ3v) is 7.24. The molecular weight excluding hydrogens is 474 g/mol. The summed E-state index contributed by atoms with van der Waals surface area (Å²) in [6.07, 6.45) is 5.44. The second-order valence-corrected chi connectivity index (χ2v) is 10.4. The average Bonchev–Trinajstić information content (AvgIpc) is 3.50. The molecule has 4 heterocycles. The number of aromatic nitrogens is 5. The van der Waals surface area contributed by atoms with Gasteiger partial charge in [0.15, 0.2) is 11.6 Å². The molecular formula is C27H30F2N8. The first-order chi connectivity index (χ1) is 17.8. The fraction of sp³-hybridized carbons (Fsp3) is 0.407. The van der Waals surface area contributed by atoms with Gasteiger partial charge in [-0.2, -0.15) is 0 Å². The molecule has 6 rings (SSSR count). The van der Waals surface area contributed by atoms with E-state index >= 15 is 0 Å². The summed E-state index contributed by atoms with van der Waals surface area (Å²) in [7, 11) is 0. The van der Waals surface area contributed by atoms with E-state index in [0.717, 1.165) is 37.9 Å². The summed E-state index contributed by atoms with van der Waals surface area (Å²) in [6, 6.07) is 6.96. The minimum absolute atomic E-state index is 0.0109. The Kier molecular flexibility index (Phi) is 5.88. The smallest absolute Gasteiger partial charge is 0.229 e. The molecule has 1 aliphatic carbocycles. The first-order valence-corrected chi connectivity index (χ1v) is 12.7. The molecule has 1 saturated heterocycles. The Morgan fingerprint density at radius 2 is 1.92 bits per heavy atom. The van der Waals surface area contributed by atoms with Crippen LogP contribution in [0.15, 0.2) is 36.7 Å². The van der Waals surface area contributed by atoms with Crippen molar-refractivity contribution >= 4 is 22.8 Å². The first-order valence-electron chi connectivity index (χ1n) is 12.7. The van der Waals surface area contributed by atoms with E-state index in [1.807, 2.05) is 43.7 Å². The van der Waals surface area contributed by atoms with Crippen LogP contribution in [-0.4, -0.2) is 54.6 Å². The van der Waals surface area contributed by atoms with Crippen LogP contribution < -0.4 is 10.6 Å². The molecule has 1 aliphatic heterocycles. The molecule has 2 fully saturated rings. The van der Waals surface area contributed by atoms with Crippen LogP contribution in [0, 0.1) is 18.6 Å². The van der Waals surface area contributed by atoms with E-state index in [1.165, 1.54) is 18.9 Å². The number of piperazine rings is 1. The summed E-state index contributed by atoms with van der Waals surface area (Å²) >= 11 is 0. The minimum atomic E-state index is -0.635. The molecule has 4 aromatic rings. The van der Waals surface area contributed by atoms with Crippen molar-refractivity contribution in [1.82, 2.24) is 34.7 Å². The highest BCUT2D eigenvalue weighted by atomic mass is 19.1. The molecule has 8 nitrogen and oxygen atoms in total. The molecule has 0 radical (unpaired) electrons. The van der Waals surface area contributed by atoms with Gasteiger partial charge >= 0.3 is 0 Å². The Bertz CT molecular complexity index is 1460. The van der Waals surface area contributed by atoms with Crippen molar-refractivity contribution in [3.8, 4) is 11.3 Å². The fourth-order valence-electron chi connectivity index (χ4n) is 5.31. The molecule has 0 unspecified atom stereocenters. The van der Waals surface area contributed by atoms with Gasteiger partial charge in [-0.25, -0.2) is 28.7 Å². The van der Waals surface area contributed by atoms with Gasteiger partial charge in [-0.1, -0.05) is 6.07 Å². The number of hydrogen-bond acceptors (Lipinski definition) is 7. The van der Waals surface area contributed by atoms with Gasteiger partial charge < -0.3 is 15.2 Å². The Balaban J connectivity index is 1.22. The standard InChI is InChI=1S/C27H30F2N8/c1-16(2)37-17(3)33-25-20(28)10-19(11-22(25)37)24-21(29)13-31-26(35-24)34-23-5-4-18(12-30-23)14-36-9-8-32-27(15-36)6-7-27/h4-5,10-13,16,32H,6-9,14-15H2,1-3H3,(H,30,31,34,35). The number of fused-ring (bicyclic) bond motifs is 1. The number of nitrogens with one attached hydrogen (secondary N) is 2. The molecule has 0 amide bonds. The number of anilines is 2. The van der Waals surface area contributed by atoms with Gasteiger partial charge in [0.25, 0.3) is 0 Å². The van der Waals surface area contributed by atoms with Crippen LogP contribution in [0.5, 0.6) is 0 Å². The maximum atomic E-state index is 14.9. The topological polar surface area (TPSA) is 83.8 Å². The molecule has 0 bridgehead atoms.